The summed E-state index contributed by atoms with van der Waals surface area (Å²) in [6.07, 6.45) is 6.34. The molecule has 0 radical (unpaired) electrons. The molecule has 3 heteroatoms. The van der Waals surface area contributed by atoms with E-state index in [1.165, 1.54) is 35.0 Å². The average molecular weight is 263 g/mol. The Hall–Kier alpha value is -2.13. The predicted octanol–water partition coefficient (Wildman–Crippen LogP) is 3.45. The summed E-state index contributed by atoms with van der Waals surface area (Å²) in [6.45, 7) is 1.10. The summed E-state index contributed by atoms with van der Waals surface area (Å²) in [7, 11) is 0. The lowest BCUT2D eigenvalue weighted by Gasteiger charge is -2.14. The molecular weight excluding hydrogens is 246 g/mol. The first kappa shape index (κ1) is 11.7. The van der Waals surface area contributed by atoms with Crippen molar-refractivity contribution in [3.63, 3.8) is 0 Å². The van der Waals surface area contributed by atoms with Gasteiger partial charge in [0.2, 0.25) is 0 Å². The summed E-state index contributed by atoms with van der Waals surface area (Å²) >= 11 is 0. The summed E-state index contributed by atoms with van der Waals surface area (Å²) in [4.78, 5) is 4.35. The summed E-state index contributed by atoms with van der Waals surface area (Å²) in [5, 5.41) is 6.09. The quantitative estimate of drug-likeness (QED) is 0.767. The molecule has 0 bridgehead atoms. The van der Waals surface area contributed by atoms with E-state index in [2.05, 4.69) is 57.3 Å². The van der Waals surface area contributed by atoms with E-state index in [0.29, 0.717) is 6.04 Å². The van der Waals surface area contributed by atoms with E-state index >= 15 is 0 Å². The van der Waals surface area contributed by atoms with Crippen LogP contribution in [0.5, 0.6) is 0 Å². The average Bonchev–Trinajstić information content (AvgIpc) is 3.17. The van der Waals surface area contributed by atoms with Gasteiger partial charge < -0.3 is 9.88 Å². The van der Waals surface area contributed by atoms with Gasteiger partial charge in [0.25, 0.3) is 0 Å². The third-order valence-electron chi connectivity index (χ3n) is 4.10. The molecule has 3 nitrogen and oxygen atoms in total. The van der Waals surface area contributed by atoms with Gasteiger partial charge >= 0.3 is 0 Å². The van der Waals surface area contributed by atoms with Crippen molar-refractivity contribution in [2.24, 2.45) is 0 Å². The van der Waals surface area contributed by atoms with Crippen LogP contribution in [0.15, 0.2) is 55.0 Å². The van der Waals surface area contributed by atoms with Crippen LogP contribution in [0.3, 0.4) is 0 Å². The Morgan fingerprint density at radius 2 is 2.00 bits per heavy atom. The third-order valence-corrected chi connectivity index (χ3v) is 4.10. The number of aromatic nitrogens is 2. The number of fused-ring (bicyclic) bond motifs is 1. The minimum absolute atomic E-state index is 0.434. The number of nitrogens with zero attached hydrogens (tertiary/aromatic N) is 2. The monoisotopic (exact) mass is 263 g/mol. The second-order valence-corrected chi connectivity index (χ2v) is 5.37. The summed E-state index contributed by atoms with van der Waals surface area (Å²) in [6, 6.07) is 15.5. The lowest BCUT2D eigenvalue weighted by atomic mass is 10.1. The highest BCUT2D eigenvalue weighted by molar-refractivity contribution is 5.84. The normalized spacial score (nSPS) is 18.7. The molecule has 100 valence electrons. The van der Waals surface area contributed by atoms with Gasteiger partial charge in [-0.3, -0.25) is 0 Å². The minimum Gasteiger partial charge on any atom is -0.309 e. The van der Waals surface area contributed by atoms with Crippen molar-refractivity contribution in [2.75, 3.05) is 6.54 Å². The van der Waals surface area contributed by atoms with Gasteiger partial charge in [-0.05, 0) is 42.3 Å². The van der Waals surface area contributed by atoms with Gasteiger partial charge in [0, 0.05) is 11.7 Å². The topological polar surface area (TPSA) is 29.9 Å². The molecule has 1 N–H and O–H groups in total. The number of hydrogen-bond donors (Lipinski definition) is 1. The Morgan fingerprint density at radius 1 is 1.10 bits per heavy atom. The van der Waals surface area contributed by atoms with Gasteiger partial charge in [-0.2, -0.15) is 0 Å². The summed E-state index contributed by atoms with van der Waals surface area (Å²) in [5.74, 6) is 0. The molecular formula is C17H17N3. The van der Waals surface area contributed by atoms with Crippen LogP contribution in [0.4, 0.5) is 0 Å². The van der Waals surface area contributed by atoms with Gasteiger partial charge in [0.15, 0.2) is 0 Å². The molecule has 1 aromatic heterocycles. The van der Waals surface area contributed by atoms with E-state index in [9.17, 15) is 0 Å². The van der Waals surface area contributed by atoms with E-state index in [1.54, 1.807) is 0 Å². The van der Waals surface area contributed by atoms with Crippen molar-refractivity contribution in [1.82, 2.24) is 14.9 Å². The third kappa shape index (κ3) is 1.91. The maximum atomic E-state index is 4.35. The standard InChI is InChI=1S/C17H17N3/c1-2-5-14-10-15(8-7-13(14)4-1)20-12-18-11-17(20)16-6-3-9-19-16/h1-2,4-5,7-8,10-12,16,19H,3,6,9H2. The molecule has 1 atom stereocenters. The van der Waals surface area contributed by atoms with Gasteiger partial charge in [-0.25, -0.2) is 4.98 Å². The Kier molecular flexibility index (Phi) is 2.78. The van der Waals surface area contributed by atoms with Crippen molar-refractivity contribution in [3.05, 3.63) is 60.7 Å². The zero-order valence-corrected chi connectivity index (χ0v) is 11.3. The highest BCUT2D eigenvalue weighted by Crippen LogP contribution is 2.26. The molecule has 4 rings (SSSR count). The van der Waals surface area contributed by atoms with Gasteiger partial charge in [0.05, 0.1) is 18.2 Å². The van der Waals surface area contributed by atoms with Crippen LogP contribution >= 0.6 is 0 Å². The zero-order valence-electron chi connectivity index (χ0n) is 11.3. The van der Waals surface area contributed by atoms with Crippen molar-refractivity contribution >= 4 is 10.8 Å². The number of benzene rings is 2. The first-order chi connectivity index (χ1) is 9.92. The van der Waals surface area contributed by atoms with Crippen LogP contribution < -0.4 is 5.32 Å². The number of rotatable bonds is 2. The molecule has 0 spiro atoms. The largest absolute Gasteiger partial charge is 0.309 e. The molecule has 1 saturated heterocycles. The van der Waals surface area contributed by atoms with Crippen LogP contribution in [0.1, 0.15) is 24.6 Å². The molecule has 1 fully saturated rings. The number of nitrogens with one attached hydrogen (secondary N) is 1. The Balaban J connectivity index is 1.80. The van der Waals surface area contributed by atoms with Crippen LogP contribution in [-0.4, -0.2) is 16.1 Å². The van der Waals surface area contributed by atoms with Crippen molar-refractivity contribution in [3.8, 4) is 5.69 Å². The van der Waals surface area contributed by atoms with Gasteiger partial charge in [-0.1, -0.05) is 30.3 Å². The predicted molar refractivity (Wildman–Crippen MR) is 81.0 cm³/mol. The molecule has 3 aromatic rings. The molecule has 1 aliphatic rings. The first-order valence-electron chi connectivity index (χ1n) is 7.17. The highest BCUT2D eigenvalue weighted by atomic mass is 15.1. The maximum absolute atomic E-state index is 4.35. The lowest BCUT2D eigenvalue weighted by molar-refractivity contribution is 0.615. The molecule has 1 unspecified atom stereocenters. The van der Waals surface area contributed by atoms with Crippen LogP contribution in [0.25, 0.3) is 16.5 Å². The Bertz CT molecular complexity index is 739. The van der Waals surface area contributed by atoms with Crippen molar-refractivity contribution in [2.45, 2.75) is 18.9 Å². The summed E-state index contributed by atoms with van der Waals surface area (Å²) < 4.78 is 2.20. The smallest absolute Gasteiger partial charge is 0.0994 e. The molecule has 0 amide bonds. The fourth-order valence-corrected chi connectivity index (χ4v) is 3.04. The molecule has 1 aliphatic heterocycles. The SMILES string of the molecule is c1ccc2cc(-n3cncc3C3CCCN3)ccc2c1. The minimum atomic E-state index is 0.434. The van der Waals surface area contributed by atoms with Crippen LogP contribution in [0.2, 0.25) is 0 Å². The second kappa shape index (κ2) is 4.76. The molecule has 0 aliphatic carbocycles. The molecule has 2 heterocycles. The van der Waals surface area contributed by atoms with E-state index in [0.717, 1.165) is 6.54 Å². The molecule has 20 heavy (non-hydrogen) atoms. The maximum Gasteiger partial charge on any atom is 0.0994 e. The van der Waals surface area contributed by atoms with Crippen molar-refractivity contribution < 1.29 is 0 Å². The van der Waals surface area contributed by atoms with Gasteiger partial charge in [-0.15, -0.1) is 0 Å². The second-order valence-electron chi connectivity index (χ2n) is 5.37. The van der Waals surface area contributed by atoms with Crippen LogP contribution in [-0.2, 0) is 0 Å². The fraction of sp³-hybridized carbons (Fsp3) is 0.235. The first-order valence-corrected chi connectivity index (χ1v) is 7.17. The van der Waals surface area contributed by atoms with Gasteiger partial charge in [0.1, 0.15) is 0 Å². The lowest BCUT2D eigenvalue weighted by Crippen LogP contribution is -2.16. The molecule has 0 saturated carbocycles. The van der Waals surface area contributed by atoms with E-state index < -0.39 is 0 Å². The number of hydrogen-bond acceptors (Lipinski definition) is 2. The van der Waals surface area contributed by atoms with E-state index in [1.807, 2.05) is 12.5 Å². The summed E-state index contributed by atoms with van der Waals surface area (Å²) in [5.41, 5.74) is 2.45. The molecule has 2 aromatic carbocycles. The fourth-order valence-electron chi connectivity index (χ4n) is 3.04. The van der Waals surface area contributed by atoms with E-state index in [-0.39, 0.29) is 0 Å². The van der Waals surface area contributed by atoms with Crippen LogP contribution in [0, 0.1) is 0 Å². The van der Waals surface area contributed by atoms with E-state index in [4.69, 9.17) is 0 Å². The Labute approximate surface area is 118 Å². The Morgan fingerprint density at radius 3 is 2.85 bits per heavy atom. The van der Waals surface area contributed by atoms with Crippen molar-refractivity contribution in [1.29, 1.82) is 0 Å². The zero-order chi connectivity index (χ0) is 13.4. The number of imidazole rings is 1. The highest BCUT2D eigenvalue weighted by Gasteiger charge is 2.20.